The van der Waals surface area contributed by atoms with Crippen molar-refractivity contribution >= 4 is 6.20 Å². The van der Waals surface area contributed by atoms with E-state index in [2.05, 4.69) is 10.2 Å². The minimum Gasteiger partial charge on any atom is -0.463 e. The van der Waals surface area contributed by atoms with Gasteiger partial charge >= 0.3 is 0 Å². The van der Waals surface area contributed by atoms with Crippen molar-refractivity contribution in [3.63, 3.8) is 0 Å². The highest BCUT2D eigenvalue weighted by molar-refractivity contribution is 5.67. The Balaban J connectivity index is 2.33. The third-order valence-electron chi connectivity index (χ3n) is 2.40. The number of nitrogens with zero attached hydrogens (tertiary/aromatic N) is 3. The number of hydrogen-bond acceptors (Lipinski definition) is 3. The standard InChI is InChI=1S/C11H9N3O/c1-8-12-13-11-9-4-2-3-5-10(9)15-7-6-14(8)11/h2-7H,1H3. The zero-order valence-corrected chi connectivity index (χ0v) is 8.21. The van der Waals surface area contributed by atoms with Crippen molar-refractivity contribution in [3.8, 4) is 17.1 Å². The van der Waals surface area contributed by atoms with Crippen molar-refractivity contribution in [2.75, 3.05) is 0 Å². The number of fused-ring (bicyclic) bond motifs is 3. The lowest BCUT2D eigenvalue weighted by Crippen LogP contribution is -1.91. The molecule has 4 nitrogen and oxygen atoms in total. The second-order valence-electron chi connectivity index (χ2n) is 3.34. The highest BCUT2D eigenvalue weighted by Crippen LogP contribution is 2.30. The van der Waals surface area contributed by atoms with E-state index in [0.717, 1.165) is 23.0 Å². The average molecular weight is 199 g/mol. The first-order valence-corrected chi connectivity index (χ1v) is 4.70. The predicted octanol–water partition coefficient (Wildman–Crippen LogP) is 2.07. The molecule has 0 aliphatic carbocycles. The summed E-state index contributed by atoms with van der Waals surface area (Å²) in [6, 6.07) is 7.79. The molecule has 0 saturated carbocycles. The molecule has 15 heavy (non-hydrogen) atoms. The van der Waals surface area contributed by atoms with Gasteiger partial charge in [0.15, 0.2) is 5.82 Å². The van der Waals surface area contributed by atoms with E-state index >= 15 is 0 Å². The fraction of sp³-hybridized carbons (Fsp3) is 0.0909. The van der Waals surface area contributed by atoms with E-state index in [-0.39, 0.29) is 0 Å². The minimum atomic E-state index is 0.805. The van der Waals surface area contributed by atoms with E-state index < -0.39 is 0 Å². The van der Waals surface area contributed by atoms with Crippen molar-refractivity contribution < 1.29 is 4.74 Å². The van der Waals surface area contributed by atoms with Crippen molar-refractivity contribution in [2.45, 2.75) is 6.92 Å². The normalized spacial score (nSPS) is 12.6. The largest absolute Gasteiger partial charge is 0.463 e. The molecule has 1 aliphatic heterocycles. The van der Waals surface area contributed by atoms with Crippen LogP contribution in [-0.4, -0.2) is 14.8 Å². The van der Waals surface area contributed by atoms with Crippen LogP contribution in [0.4, 0.5) is 0 Å². The summed E-state index contributed by atoms with van der Waals surface area (Å²) in [5.41, 5.74) is 0.961. The lowest BCUT2D eigenvalue weighted by atomic mass is 10.2. The number of benzene rings is 1. The zero-order valence-electron chi connectivity index (χ0n) is 8.21. The third-order valence-corrected chi connectivity index (χ3v) is 2.40. The number of rotatable bonds is 0. The molecule has 0 amide bonds. The van der Waals surface area contributed by atoms with Crippen LogP contribution in [0.5, 0.6) is 5.75 Å². The first-order valence-electron chi connectivity index (χ1n) is 4.70. The van der Waals surface area contributed by atoms with Crippen LogP contribution in [0.2, 0.25) is 0 Å². The molecule has 74 valence electrons. The van der Waals surface area contributed by atoms with Gasteiger partial charge in [-0.2, -0.15) is 0 Å². The molecule has 3 rings (SSSR count). The Morgan fingerprint density at radius 2 is 2.07 bits per heavy atom. The number of ether oxygens (including phenoxy) is 1. The van der Waals surface area contributed by atoms with Crippen LogP contribution in [0.1, 0.15) is 5.82 Å². The van der Waals surface area contributed by atoms with Crippen LogP contribution in [0.25, 0.3) is 17.6 Å². The second kappa shape index (κ2) is 2.95. The highest BCUT2D eigenvalue weighted by atomic mass is 16.5. The first kappa shape index (κ1) is 8.23. The van der Waals surface area contributed by atoms with Gasteiger partial charge in [0, 0.05) is 6.20 Å². The first-order chi connectivity index (χ1) is 7.36. The van der Waals surface area contributed by atoms with Crippen molar-refractivity contribution in [1.29, 1.82) is 0 Å². The smallest absolute Gasteiger partial charge is 0.171 e. The van der Waals surface area contributed by atoms with Gasteiger partial charge in [0.2, 0.25) is 0 Å². The molecular formula is C11H9N3O. The average Bonchev–Trinajstić information content (AvgIpc) is 2.53. The summed E-state index contributed by atoms with van der Waals surface area (Å²) in [7, 11) is 0. The summed E-state index contributed by atoms with van der Waals surface area (Å²) in [5.74, 6) is 2.47. The van der Waals surface area contributed by atoms with Crippen LogP contribution in [0.15, 0.2) is 30.5 Å². The molecule has 0 bridgehead atoms. The zero-order chi connectivity index (χ0) is 10.3. The van der Waals surface area contributed by atoms with Crippen LogP contribution < -0.4 is 4.74 Å². The maximum absolute atomic E-state index is 5.48. The summed E-state index contributed by atoms with van der Waals surface area (Å²) >= 11 is 0. The van der Waals surface area contributed by atoms with Gasteiger partial charge in [-0.3, -0.25) is 4.57 Å². The van der Waals surface area contributed by atoms with E-state index in [1.54, 1.807) is 6.26 Å². The van der Waals surface area contributed by atoms with E-state index in [1.807, 2.05) is 42.0 Å². The fourth-order valence-electron chi connectivity index (χ4n) is 1.65. The Kier molecular flexibility index (Phi) is 1.62. The third kappa shape index (κ3) is 1.15. The number of aromatic nitrogens is 3. The van der Waals surface area contributed by atoms with Crippen molar-refractivity contribution in [1.82, 2.24) is 14.8 Å². The molecule has 4 heteroatoms. The number of hydrogen-bond donors (Lipinski definition) is 0. The van der Waals surface area contributed by atoms with E-state index in [1.165, 1.54) is 0 Å². The van der Waals surface area contributed by atoms with Crippen LogP contribution in [0, 0.1) is 6.92 Å². The van der Waals surface area contributed by atoms with Crippen LogP contribution >= 0.6 is 0 Å². The Hall–Kier alpha value is -2.10. The van der Waals surface area contributed by atoms with Crippen molar-refractivity contribution in [2.24, 2.45) is 0 Å². The highest BCUT2D eigenvalue weighted by Gasteiger charge is 2.15. The Bertz CT molecular complexity index is 543. The van der Waals surface area contributed by atoms with Crippen LogP contribution in [-0.2, 0) is 0 Å². The van der Waals surface area contributed by atoms with Gasteiger partial charge in [-0.05, 0) is 19.1 Å². The molecule has 1 aliphatic rings. The number of aryl methyl sites for hydroxylation is 1. The monoisotopic (exact) mass is 199 g/mol. The lowest BCUT2D eigenvalue weighted by Gasteiger charge is -2.03. The number of para-hydroxylation sites is 1. The lowest BCUT2D eigenvalue weighted by molar-refractivity contribution is 0.487. The molecule has 0 spiro atoms. The van der Waals surface area contributed by atoms with Gasteiger partial charge in [0.25, 0.3) is 0 Å². The summed E-state index contributed by atoms with van der Waals surface area (Å²) in [4.78, 5) is 0. The molecule has 0 atom stereocenters. The molecule has 2 aromatic rings. The summed E-state index contributed by atoms with van der Waals surface area (Å²) in [5, 5.41) is 8.18. The molecule has 0 radical (unpaired) electrons. The van der Waals surface area contributed by atoms with E-state index in [9.17, 15) is 0 Å². The SMILES string of the molecule is Cc1nnc2n1C=COc1ccccc1-2. The molecular weight excluding hydrogens is 190 g/mol. The summed E-state index contributed by atoms with van der Waals surface area (Å²) in [6.45, 7) is 1.91. The topological polar surface area (TPSA) is 39.9 Å². The summed E-state index contributed by atoms with van der Waals surface area (Å²) in [6.07, 6.45) is 3.47. The van der Waals surface area contributed by atoms with Crippen molar-refractivity contribution in [3.05, 3.63) is 36.4 Å². The van der Waals surface area contributed by atoms with Gasteiger partial charge in [0.05, 0.1) is 5.56 Å². The summed E-state index contributed by atoms with van der Waals surface area (Å²) < 4.78 is 7.38. The van der Waals surface area contributed by atoms with Gasteiger partial charge in [-0.15, -0.1) is 10.2 Å². The second-order valence-corrected chi connectivity index (χ2v) is 3.34. The van der Waals surface area contributed by atoms with E-state index in [0.29, 0.717) is 0 Å². The molecule has 2 heterocycles. The van der Waals surface area contributed by atoms with Gasteiger partial charge in [-0.1, -0.05) is 12.1 Å². The molecule has 1 aromatic heterocycles. The Morgan fingerprint density at radius 3 is 3.00 bits per heavy atom. The minimum absolute atomic E-state index is 0.805. The molecule has 0 N–H and O–H groups in total. The van der Waals surface area contributed by atoms with Gasteiger partial charge in [-0.25, -0.2) is 0 Å². The maximum Gasteiger partial charge on any atom is 0.171 e. The van der Waals surface area contributed by atoms with E-state index in [4.69, 9.17) is 4.74 Å². The molecule has 0 fully saturated rings. The molecule has 0 saturated heterocycles. The van der Waals surface area contributed by atoms with Gasteiger partial charge < -0.3 is 4.74 Å². The Morgan fingerprint density at radius 1 is 1.20 bits per heavy atom. The molecule has 1 aromatic carbocycles. The van der Waals surface area contributed by atoms with Crippen LogP contribution in [0.3, 0.4) is 0 Å². The predicted molar refractivity (Wildman–Crippen MR) is 56.2 cm³/mol. The fourth-order valence-corrected chi connectivity index (χ4v) is 1.65. The van der Waals surface area contributed by atoms with Gasteiger partial charge in [0.1, 0.15) is 17.8 Å². The Labute approximate surface area is 86.8 Å². The quantitative estimate of drug-likeness (QED) is 0.652. The molecule has 0 unspecified atom stereocenters. The maximum atomic E-state index is 5.48.